The number of carbonyl (C=O) groups is 2. The number of fused-ring (bicyclic) bond motifs is 1. The van der Waals surface area contributed by atoms with Gasteiger partial charge in [0.15, 0.2) is 11.6 Å². The predicted molar refractivity (Wildman–Crippen MR) is 152 cm³/mol. The molecule has 0 fully saturated rings. The lowest BCUT2D eigenvalue weighted by molar-refractivity contribution is -0.137. The molecule has 1 heterocycles. The Labute approximate surface area is 249 Å². The number of carbonyl (C=O) groups excluding carboxylic acids is 1. The summed E-state index contributed by atoms with van der Waals surface area (Å²) in [6.45, 7) is -0.288. The van der Waals surface area contributed by atoms with Gasteiger partial charge in [-0.3, -0.25) is 9.10 Å². The highest BCUT2D eigenvalue weighted by Gasteiger charge is 2.42. The van der Waals surface area contributed by atoms with Crippen molar-refractivity contribution in [3.8, 4) is 16.9 Å². The van der Waals surface area contributed by atoms with Crippen molar-refractivity contribution >= 4 is 27.6 Å². The van der Waals surface area contributed by atoms with Gasteiger partial charge in [0.1, 0.15) is 12.6 Å². The van der Waals surface area contributed by atoms with E-state index < -0.39 is 45.5 Å². The molecule has 0 aliphatic carbocycles. The number of alkyl halides is 3. The van der Waals surface area contributed by atoms with Crippen molar-refractivity contribution in [2.45, 2.75) is 23.5 Å². The Kier molecular flexibility index (Phi) is 8.33. The Bertz CT molecular complexity index is 1830. The van der Waals surface area contributed by atoms with Crippen molar-refractivity contribution in [1.29, 1.82) is 0 Å². The number of nitrogens with one attached hydrogen (secondary N) is 1. The molecule has 1 aliphatic heterocycles. The van der Waals surface area contributed by atoms with Gasteiger partial charge in [-0.05, 0) is 65.2 Å². The highest BCUT2D eigenvalue weighted by molar-refractivity contribution is 7.93. The highest BCUT2D eigenvalue weighted by atomic mass is 32.2. The molecule has 5 rings (SSSR count). The summed E-state index contributed by atoms with van der Waals surface area (Å²) in [6, 6.07) is 18.6. The van der Waals surface area contributed by atoms with Crippen LogP contribution in [0.3, 0.4) is 0 Å². The SMILES string of the molecule is O=C(O)c1ccc(OCCNC(=O)[C@@H]2Cc3ccccc3N2S(=O)(=O)c2ccc(-c3cccc(C(F)(F)F)c3)cc2)c(F)c1. The van der Waals surface area contributed by atoms with E-state index in [0.29, 0.717) is 16.8 Å². The Morgan fingerprint density at radius 2 is 1.66 bits per heavy atom. The minimum Gasteiger partial charge on any atom is -0.489 e. The van der Waals surface area contributed by atoms with E-state index in [1.54, 1.807) is 24.3 Å². The largest absolute Gasteiger partial charge is 0.489 e. The molecule has 0 unspecified atom stereocenters. The number of benzene rings is 4. The minimum absolute atomic E-state index is 0.0791. The minimum atomic E-state index is -4.53. The van der Waals surface area contributed by atoms with Gasteiger partial charge < -0.3 is 15.2 Å². The second-order valence-corrected chi connectivity index (χ2v) is 11.7. The normalized spacial score (nSPS) is 14.6. The Hall–Kier alpha value is -4.91. The maximum Gasteiger partial charge on any atom is 0.416 e. The number of carboxylic acid groups (broad SMARTS) is 1. The van der Waals surface area contributed by atoms with Crippen LogP contribution < -0.4 is 14.4 Å². The molecule has 4 aromatic rings. The molecule has 0 saturated heterocycles. The number of rotatable bonds is 9. The van der Waals surface area contributed by atoms with Crippen LogP contribution in [0.15, 0.2) is 95.9 Å². The molecule has 2 N–H and O–H groups in total. The number of anilines is 1. The van der Waals surface area contributed by atoms with Gasteiger partial charge in [0, 0.05) is 6.42 Å². The monoisotopic (exact) mass is 628 g/mol. The maximum atomic E-state index is 14.1. The topological polar surface area (TPSA) is 113 Å². The lowest BCUT2D eigenvalue weighted by Gasteiger charge is -2.26. The zero-order valence-electron chi connectivity index (χ0n) is 22.7. The average molecular weight is 629 g/mol. The number of hydrogen-bond donors (Lipinski definition) is 2. The third-order valence-electron chi connectivity index (χ3n) is 7.00. The molecule has 0 spiro atoms. The third kappa shape index (κ3) is 6.23. The summed E-state index contributed by atoms with van der Waals surface area (Å²) in [4.78, 5) is 24.1. The number of halogens is 4. The second kappa shape index (κ2) is 12.0. The maximum absolute atomic E-state index is 14.1. The number of carboxylic acids is 1. The zero-order valence-corrected chi connectivity index (χ0v) is 23.5. The first-order chi connectivity index (χ1) is 20.9. The summed E-state index contributed by atoms with van der Waals surface area (Å²) in [7, 11) is -4.30. The van der Waals surface area contributed by atoms with E-state index in [1.807, 2.05) is 0 Å². The van der Waals surface area contributed by atoms with Crippen molar-refractivity contribution in [3.63, 3.8) is 0 Å². The number of sulfonamides is 1. The van der Waals surface area contributed by atoms with Crippen molar-refractivity contribution in [3.05, 3.63) is 114 Å². The molecular formula is C31H24F4N2O6S. The highest BCUT2D eigenvalue weighted by Crippen LogP contribution is 2.38. The van der Waals surface area contributed by atoms with Gasteiger partial charge in [-0.1, -0.05) is 42.5 Å². The molecule has 0 bridgehead atoms. The number of hydrogen-bond acceptors (Lipinski definition) is 5. The smallest absolute Gasteiger partial charge is 0.416 e. The lowest BCUT2D eigenvalue weighted by Crippen LogP contribution is -2.48. The number of para-hydroxylation sites is 1. The first kappa shape index (κ1) is 30.5. The van der Waals surface area contributed by atoms with Crippen molar-refractivity contribution in [2.75, 3.05) is 17.5 Å². The molecule has 13 heteroatoms. The molecule has 1 aliphatic rings. The van der Waals surface area contributed by atoms with E-state index >= 15 is 0 Å². The van der Waals surface area contributed by atoms with Crippen molar-refractivity contribution < 1.29 is 45.4 Å². The number of ether oxygens (including phenoxy) is 1. The van der Waals surface area contributed by atoms with Gasteiger partial charge in [-0.25, -0.2) is 17.6 Å². The van der Waals surface area contributed by atoms with Crippen LogP contribution in [0, 0.1) is 5.82 Å². The fourth-order valence-corrected chi connectivity index (χ4v) is 6.52. The summed E-state index contributed by atoms with van der Waals surface area (Å²) in [5.41, 5.74) is 0.476. The Morgan fingerprint density at radius 1 is 0.932 bits per heavy atom. The van der Waals surface area contributed by atoms with Gasteiger partial charge >= 0.3 is 12.1 Å². The standard InChI is InChI=1S/C31H24F4N2O6S/c32-25-17-22(30(39)40)10-13-28(25)43-15-14-36-29(38)27-18-21-4-1-2-7-26(21)37(27)44(41,42)24-11-8-19(9-12-24)20-5-3-6-23(16-20)31(33,34)35/h1-13,16-17,27H,14-15,18H2,(H,36,38)(H,39,40)/t27-/m0/s1. The fraction of sp³-hybridized carbons (Fsp3) is 0.161. The molecule has 8 nitrogen and oxygen atoms in total. The summed E-state index contributed by atoms with van der Waals surface area (Å²) < 4.78 is 87.7. The molecule has 1 atom stereocenters. The number of aromatic carboxylic acids is 1. The molecule has 0 aromatic heterocycles. The van der Waals surface area contributed by atoms with Crippen LogP contribution in [-0.4, -0.2) is 44.6 Å². The molecule has 0 saturated carbocycles. The van der Waals surface area contributed by atoms with Crippen LogP contribution in [-0.2, 0) is 27.4 Å². The Balaban J connectivity index is 1.32. The molecule has 4 aromatic carbocycles. The third-order valence-corrected chi connectivity index (χ3v) is 8.84. The quantitative estimate of drug-likeness (QED) is 0.186. The van der Waals surface area contributed by atoms with Gasteiger partial charge in [0.2, 0.25) is 5.91 Å². The average Bonchev–Trinajstić information content (AvgIpc) is 3.40. The van der Waals surface area contributed by atoms with E-state index in [1.165, 1.54) is 42.5 Å². The summed E-state index contributed by atoms with van der Waals surface area (Å²) >= 11 is 0. The van der Waals surface area contributed by atoms with E-state index in [0.717, 1.165) is 28.6 Å². The van der Waals surface area contributed by atoms with Gasteiger partial charge in [-0.2, -0.15) is 13.2 Å². The van der Waals surface area contributed by atoms with Gasteiger partial charge in [0.05, 0.1) is 28.3 Å². The zero-order chi connectivity index (χ0) is 31.6. The van der Waals surface area contributed by atoms with Crippen LogP contribution in [0.25, 0.3) is 11.1 Å². The summed E-state index contributed by atoms with van der Waals surface area (Å²) in [5, 5.41) is 11.6. The van der Waals surface area contributed by atoms with Crippen LogP contribution in [0.2, 0.25) is 0 Å². The fourth-order valence-electron chi connectivity index (χ4n) is 4.87. The van der Waals surface area contributed by atoms with Crippen LogP contribution >= 0.6 is 0 Å². The molecule has 0 radical (unpaired) electrons. The van der Waals surface area contributed by atoms with Gasteiger partial charge in [-0.15, -0.1) is 0 Å². The van der Waals surface area contributed by atoms with Crippen LogP contribution in [0.1, 0.15) is 21.5 Å². The first-order valence-electron chi connectivity index (χ1n) is 13.2. The number of amides is 1. The summed E-state index contributed by atoms with van der Waals surface area (Å²) in [6.07, 6.45) is -4.45. The summed E-state index contributed by atoms with van der Waals surface area (Å²) in [5.74, 6) is -3.03. The van der Waals surface area contributed by atoms with Crippen molar-refractivity contribution in [2.24, 2.45) is 0 Å². The van der Waals surface area contributed by atoms with E-state index in [9.17, 15) is 35.6 Å². The van der Waals surface area contributed by atoms with Gasteiger partial charge in [0.25, 0.3) is 10.0 Å². The van der Waals surface area contributed by atoms with Crippen LogP contribution in [0.5, 0.6) is 5.75 Å². The molecule has 44 heavy (non-hydrogen) atoms. The van der Waals surface area contributed by atoms with E-state index in [2.05, 4.69) is 5.32 Å². The predicted octanol–water partition coefficient (Wildman–Crippen LogP) is 5.52. The molecular weight excluding hydrogens is 604 g/mol. The molecule has 1 amide bonds. The Morgan fingerprint density at radius 3 is 2.34 bits per heavy atom. The first-order valence-corrected chi connectivity index (χ1v) is 14.6. The van der Waals surface area contributed by atoms with E-state index in [-0.39, 0.29) is 41.3 Å². The van der Waals surface area contributed by atoms with Crippen LogP contribution in [0.4, 0.5) is 23.2 Å². The second-order valence-electron chi connectivity index (χ2n) is 9.84. The van der Waals surface area contributed by atoms with Crippen molar-refractivity contribution in [1.82, 2.24) is 5.32 Å². The number of nitrogens with zero attached hydrogens (tertiary/aromatic N) is 1. The lowest BCUT2D eigenvalue weighted by atomic mass is 10.0. The van der Waals surface area contributed by atoms with E-state index in [4.69, 9.17) is 9.84 Å². The molecule has 228 valence electrons.